The number of fused-ring (bicyclic) bond motifs is 1. The Morgan fingerprint density at radius 1 is 1.46 bits per heavy atom. The van der Waals surface area contributed by atoms with Gasteiger partial charge >= 0.3 is 13.2 Å². The number of ether oxygens (including phenoxy) is 2. The van der Waals surface area contributed by atoms with Crippen molar-refractivity contribution in [1.29, 1.82) is 0 Å². The summed E-state index contributed by atoms with van der Waals surface area (Å²) < 4.78 is 35.9. The molecule has 132 valence electrons. The van der Waals surface area contributed by atoms with Crippen LogP contribution in [-0.2, 0) is 23.1 Å². The van der Waals surface area contributed by atoms with Gasteiger partial charge in [0.15, 0.2) is 24.4 Å². The number of H-pyrrole nitrogens is 1. The molecule has 0 aliphatic carbocycles. The van der Waals surface area contributed by atoms with Crippen LogP contribution in [0.3, 0.4) is 0 Å². The fourth-order valence-electron chi connectivity index (χ4n) is 2.83. The number of aromatic amines is 1. The van der Waals surface area contributed by atoms with Gasteiger partial charge in [0.05, 0.1) is 12.3 Å². The van der Waals surface area contributed by atoms with Crippen molar-refractivity contribution in [3.63, 3.8) is 0 Å². The lowest BCUT2D eigenvalue weighted by molar-refractivity contribution is -0.738. The van der Waals surface area contributed by atoms with Crippen LogP contribution in [0.15, 0.2) is 12.7 Å². The van der Waals surface area contributed by atoms with Gasteiger partial charge in [0.1, 0.15) is 12.2 Å². The first kappa shape index (κ1) is 17.4. The monoisotopic (exact) mass is 357 g/mol. The second-order valence-corrected chi connectivity index (χ2v) is 7.88. The van der Waals surface area contributed by atoms with Crippen molar-refractivity contribution in [3.8, 4) is 0 Å². The highest BCUT2D eigenvalue weighted by Crippen LogP contribution is 2.47. The zero-order chi connectivity index (χ0) is 17.3. The Balaban J connectivity index is 1.86. The largest absolute Gasteiger partial charge is 0.382 e. The standard InChI is InChI=1S/C14H21N4O5P/c1-9-13-14(16-7-15-9)18(8-17-13)12-5-10(11(22-12)6-20-2)23-24(4,19)21-3/h7-8,10-12H,5-6H2,1-4H3/p+1. The first-order chi connectivity index (χ1) is 11.4. The maximum absolute atomic E-state index is 12.2. The Bertz CT molecular complexity index is 767. The highest BCUT2D eigenvalue weighted by Gasteiger charge is 2.42. The summed E-state index contributed by atoms with van der Waals surface area (Å²) in [6.07, 6.45) is 2.77. The van der Waals surface area contributed by atoms with Gasteiger partial charge in [0.2, 0.25) is 0 Å². The van der Waals surface area contributed by atoms with Crippen molar-refractivity contribution in [1.82, 2.24) is 15.0 Å². The quantitative estimate of drug-likeness (QED) is 0.615. The number of hydrogen-bond acceptors (Lipinski definition) is 7. The molecule has 10 heteroatoms. The Morgan fingerprint density at radius 2 is 2.25 bits per heavy atom. The lowest BCUT2D eigenvalue weighted by Gasteiger charge is -2.20. The summed E-state index contributed by atoms with van der Waals surface area (Å²) in [6.45, 7) is 3.69. The number of aromatic nitrogens is 4. The molecule has 1 N–H and O–H groups in total. The minimum Gasteiger partial charge on any atom is -0.382 e. The van der Waals surface area contributed by atoms with Gasteiger partial charge in [-0.15, -0.1) is 0 Å². The lowest BCUT2D eigenvalue weighted by atomic mass is 10.2. The van der Waals surface area contributed by atoms with Crippen LogP contribution in [0.25, 0.3) is 11.2 Å². The number of aryl methyl sites for hydroxylation is 1. The van der Waals surface area contributed by atoms with Gasteiger partial charge in [-0.25, -0.2) is 9.55 Å². The van der Waals surface area contributed by atoms with Crippen LogP contribution in [0.4, 0.5) is 0 Å². The molecule has 0 aromatic carbocycles. The molecular weight excluding hydrogens is 335 g/mol. The lowest BCUT2D eigenvalue weighted by Crippen LogP contribution is -2.39. The molecule has 1 aliphatic rings. The highest BCUT2D eigenvalue weighted by molar-refractivity contribution is 7.52. The van der Waals surface area contributed by atoms with Crippen LogP contribution in [0.2, 0.25) is 0 Å². The summed E-state index contributed by atoms with van der Waals surface area (Å²) in [7, 11) is -0.164. The average molecular weight is 357 g/mol. The van der Waals surface area contributed by atoms with Crippen LogP contribution >= 0.6 is 7.60 Å². The summed E-state index contributed by atoms with van der Waals surface area (Å²) in [5.41, 5.74) is 2.46. The van der Waals surface area contributed by atoms with Crippen molar-refractivity contribution < 1.29 is 27.7 Å². The van der Waals surface area contributed by atoms with E-state index in [0.29, 0.717) is 13.0 Å². The molecule has 0 saturated carbocycles. The minimum atomic E-state index is -3.12. The molecule has 3 rings (SSSR count). The summed E-state index contributed by atoms with van der Waals surface area (Å²) in [4.78, 5) is 11.7. The van der Waals surface area contributed by atoms with E-state index in [0.717, 1.165) is 16.9 Å². The summed E-state index contributed by atoms with van der Waals surface area (Å²) in [6, 6.07) is 0. The van der Waals surface area contributed by atoms with Gasteiger partial charge in [-0.3, -0.25) is 9.55 Å². The fraction of sp³-hybridized carbons (Fsp3) is 0.643. The van der Waals surface area contributed by atoms with Gasteiger partial charge in [-0.2, -0.15) is 0 Å². The molecule has 0 radical (unpaired) electrons. The predicted molar refractivity (Wildman–Crippen MR) is 84.6 cm³/mol. The Morgan fingerprint density at radius 3 is 2.96 bits per heavy atom. The van der Waals surface area contributed by atoms with Crippen LogP contribution in [0.1, 0.15) is 18.3 Å². The number of nitrogens with zero attached hydrogens (tertiary/aromatic N) is 3. The van der Waals surface area contributed by atoms with Crippen LogP contribution < -0.4 is 4.57 Å². The Kier molecular flexibility index (Phi) is 4.98. The van der Waals surface area contributed by atoms with Crippen LogP contribution in [0.5, 0.6) is 0 Å². The molecule has 4 unspecified atom stereocenters. The number of nitrogens with one attached hydrogen (secondary N) is 1. The van der Waals surface area contributed by atoms with Gasteiger partial charge in [-0.1, -0.05) is 4.98 Å². The molecule has 0 spiro atoms. The SMILES string of the molecule is COCC1OC([n+]2c[nH]c3c(C)ncnc32)CC1OP(C)(=O)OC. The topological polar surface area (TPSA) is 99.4 Å². The van der Waals surface area contributed by atoms with E-state index in [1.54, 1.807) is 13.4 Å². The number of rotatable bonds is 6. The predicted octanol–water partition coefficient (Wildman–Crippen LogP) is 1.34. The molecule has 2 aromatic rings. The van der Waals surface area contributed by atoms with Crippen molar-refractivity contribution in [2.24, 2.45) is 0 Å². The van der Waals surface area contributed by atoms with E-state index >= 15 is 0 Å². The molecule has 9 nitrogen and oxygen atoms in total. The first-order valence-corrected chi connectivity index (χ1v) is 9.60. The van der Waals surface area contributed by atoms with Crippen LogP contribution in [-0.4, -0.2) is 54.7 Å². The van der Waals surface area contributed by atoms with Crippen molar-refractivity contribution in [2.45, 2.75) is 31.8 Å². The van der Waals surface area contributed by atoms with Gasteiger partial charge in [0, 0.05) is 27.3 Å². The third-order valence-electron chi connectivity index (χ3n) is 4.09. The molecule has 24 heavy (non-hydrogen) atoms. The van der Waals surface area contributed by atoms with E-state index in [1.807, 2.05) is 11.5 Å². The molecule has 3 heterocycles. The van der Waals surface area contributed by atoms with Crippen molar-refractivity contribution >= 4 is 18.8 Å². The Hall–Kier alpha value is -1.38. The van der Waals surface area contributed by atoms with E-state index in [-0.39, 0.29) is 12.3 Å². The zero-order valence-electron chi connectivity index (χ0n) is 14.1. The first-order valence-electron chi connectivity index (χ1n) is 7.61. The molecule has 4 atom stereocenters. The zero-order valence-corrected chi connectivity index (χ0v) is 15.0. The molecular formula is C14H22N4O5P+. The smallest absolute Gasteiger partial charge is 0.327 e. The molecule has 1 aliphatic heterocycles. The van der Waals surface area contributed by atoms with Gasteiger partial charge in [-0.05, 0) is 6.92 Å². The molecule has 1 fully saturated rings. The van der Waals surface area contributed by atoms with E-state index in [2.05, 4.69) is 15.0 Å². The van der Waals surface area contributed by atoms with Crippen molar-refractivity contribution in [2.75, 3.05) is 27.5 Å². The number of methoxy groups -OCH3 is 1. The molecule has 2 aromatic heterocycles. The van der Waals surface area contributed by atoms with Gasteiger partial charge < -0.3 is 18.5 Å². The number of hydrogen-bond donors (Lipinski definition) is 1. The van der Waals surface area contributed by atoms with E-state index in [1.165, 1.54) is 20.1 Å². The van der Waals surface area contributed by atoms with Crippen molar-refractivity contribution in [3.05, 3.63) is 18.3 Å². The summed E-state index contributed by atoms with van der Waals surface area (Å²) in [5.74, 6) is 0. The van der Waals surface area contributed by atoms with Crippen LogP contribution in [0, 0.1) is 6.92 Å². The second-order valence-electron chi connectivity index (χ2n) is 5.76. The normalized spacial score (nSPS) is 26.8. The maximum atomic E-state index is 12.2. The van der Waals surface area contributed by atoms with E-state index < -0.39 is 13.7 Å². The third-order valence-corrected chi connectivity index (χ3v) is 5.41. The summed E-state index contributed by atoms with van der Waals surface area (Å²) in [5, 5.41) is 0. The molecule has 0 amide bonds. The average Bonchev–Trinajstić information content (AvgIpc) is 3.13. The number of imidazole rings is 1. The highest BCUT2D eigenvalue weighted by atomic mass is 31.2. The molecule has 0 bridgehead atoms. The summed E-state index contributed by atoms with van der Waals surface area (Å²) >= 11 is 0. The fourth-order valence-corrected chi connectivity index (χ4v) is 3.63. The van der Waals surface area contributed by atoms with E-state index in [9.17, 15) is 4.57 Å². The Labute approximate surface area is 139 Å². The van der Waals surface area contributed by atoms with Gasteiger partial charge in [0.25, 0.3) is 0 Å². The second kappa shape index (κ2) is 6.85. The van der Waals surface area contributed by atoms with E-state index in [4.69, 9.17) is 18.5 Å². The maximum Gasteiger partial charge on any atom is 0.327 e. The molecule has 1 saturated heterocycles. The third kappa shape index (κ3) is 3.36. The minimum absolute atomic E-state index is 0.310.